The van der Waals surface area contributed by atoms with Crippen molar-refractivity contribution in [1.82, 2.24) is 0 Å². The number of benzene rings is 1. The highest BCUT2D eigenvalue weighted by molar-refractivity contribution is 7.51. The molecule has 5 heteroatoms. The number of hydrogen-bond donors (Lipinski definition) is 1. The maximum atomic E-state index is 11.3. The largest absolute Gasteiger partial charge is 0.332 e. The van der Waals surface area contributed by atoms with Gasteiger partial charge in [0.05, 0.1) is 12.8 Å². The fourth-order valence-electron chi connectivity index (χ4n) is 1.06. The Morgan fingerprint density at radius 1 is 1.36 bits per heavy atom. The minimum atomic E-state index is -3.41. The number of rotatable bonds is 4. The second-order valence-corrected chi connectivity index (χ2v) is 4.55. The van der Waals surface area contributed by atoms with Gasteiger partial charge in [0.25, 0.3) is 0 Å². The van der Waals surface area contributed by atoms with Gasteiger partial charge in [0.15, 0.2) is 0 Å². The fourth-order valence-corrected chi connectivity index (χ4v) is 2.23. The van der Waals surface area contributed by atoms with E-state index in [1.807, 2.05) is 30.3 Å². The molecule has 0 aliphatic rings. The van der Waals surface area contributed by atoms with Crippen LogP contribution in [0.1, 0.15) is 12.5 Å². The topological polar surface area (TPSA) is 46.5 Å². The first-order valence-corrected chi connectivity index (χ1v) is 5.90. The molecule has 1 N–H and O–H groups in total. The maximum Gasteiger partial charge on any atom is 0.332 e. The van der Waals surface area contributed by atoms with Crippen LogP contribution in [-0.2, 0) is 15.3 Å². The van der Waals surface area contributed by atoms with Gasteiger partial charge in [0.1, 0.15) is 0 Å². The lowest BCUT2D eigenvalue weighted by Crippen LogP contribution is -1.92. The van der Waals surface area contributed by atoms with E-state index in [9.17, 15) is 9.46 Å². The van der Waals surface area contributed by atoms with Crippen molar-refractivity contribution in [2.45, 2.75) is 13.1 Å². The molecule has 0 aromatic heterocycles. The summed E-state index contributed by atoms with van der Waals surface area (Å²) in [5, 5.41) is 0. The number of halogens is 1. The minimum absolute atomic E-state index is 0. The Morgan fingerprint density at radius 2 is 1.93 bits per heavy atom. The van der Waals surface area contributed by atoms with E-state index in [4.69, 9.17) is 4.52 Å². The highest BCUT2D eigenvalue weighted by atomic mass is 35.5. The van der Waals surface area contributed by atoms with E-state index in [-0.39, 0.29) is 25.2 Å². The Bertz CT molecular complexity index is 302. The third kappa shape index (κ3) is 4.77. The van der Waals surface area contributed by atoms with Crippen molar-refractivity contribution in [2.75, 3.05) is 6.61 Å². The van der Waals surface area contributed by atoms with Crippen LogP contribution in [0.5, 0.6) is 0 Å². The van der Waals surface area contributed by atoms with Crippen molar-refractivity contribution in [2.24, 2.45) is 0 Å². The summed E-state index contributed by atoms with van der Waals surface area (Å²) >= 11 is 0. The van der Waals surface area contributed by atoms with Crippen LogP contribution in [0.15, 0.2) is 30.3 Å². The van der Waals surface area contributed by atoms with Crippen LogP contribution in [0.4, 0.5) is 0 Å². The van der Waals surface area contributed by atoms with Gasteiger partial charge in [0, 0.05) is 0 Å². The summed E-state index contributed by atoms with van der Waals surface area (Å²) in [6.45, 7) is 1.97. The maximum absolute atomic E-state index is 11.3. The summed E-state index contributed by atoms with van der Waals surface area (Å²) in [5.74, 6) is 0. The van der Waals surface area contributed by atoms with Gasteiger partial charge in [-0.15, -0.1) is 12.4 Å². The van der Waals surface area contributed by atoms with Gasteiger partial charge in [-0.05, 0) is 12.5 Å². The molecule has 0 amide bonds. The highest BCUT2D eigenvalue weighted by Crippen LogP contribution is 2.45. The molecule has 1 aromatic carbocycles. The van der Waals surface area contributed by atoms with E-state index >= 15 is 0 Å². The van der Waals surface area contributed by atoms with Crippen LogP contribution in [0.3, 0.4) is 0 Å². The van der Waals surface area contributed by atoms with E-state index in [2.05, 4.69) is 0 Å². The third-order valence-electron chi connectivity index (χ3n) is 1.56. The standard InChI is InChI=1S/C9H13O3P.ClH/c1-2-12-13(10,11)8-9-6-4-3-5-7-9;/h3-7H,2,8H2,1H3,(H,10,11);1H. The quantitative estimate of drug-likeness (QED) is 0.818. The van der Waals surface area contributed by atoms with Crippen molar-refractivity contribution in [3.05, 3.63) is 35.9 Å². The predicted octanol–water partition coefficient (Wildman–Crippen LogP) is 2.83. The molecular formula is C9H14ClO3P. The second-order valence-electron chi connectivity index (χ2n) is 2.70. The third-order valence-corrected chi connectivity index (χ3v) is 2.98. The van der Waals surface area contributed by atoms with E-state index in [0.29, 0.717) is 0 Å². The molecule has 0 saturated heterocycles. The lowest BCUT2D eigenvalue weighted by atomic mass is 10.2. The predicted molar refractivity (Wildman–Crippen MR) is 58.8 cm³/mol. The molecule has 14 heavy (non-hydrogen) atoms. The molecule has 3 nitrogen and oxygen atoms in total. The Hall–Kier alpha value is -0.340. The molecule has 1 unspecified atom stereocenters. The SMILES string of the molecule is CCOP(=O)(O)Cc1ccccc1.Cl. The smallest absolute Gasteiger partial charge is 0.324 e. The van der Waals surface area contributed by atoms with Crippen molar-refractivity contribution >= 4 is 20.0 Å². The first kappa shape index (κ1) is 13.7. The average molecular weight is 237 g/mol. The summed E-state index contributed by atoms with van der Waals surface area (Å²) in [6, 6.07) is 9.15. The van der Waals surface area contributed by atoms with E-state index in [1.165, 1.54) is 0 Å². The van der Waals surface area contributed by atoms with Crippen LogP contribution in [-0.4, -0.2) is 11.5 Å². The molecule has 0 aliphatic heterocycles. The second kappa shape index (κ2) is 6.20. The molecule has 1 atom stereocenters. The molecule has 0 radical (unpaired) electrons. The van der Waals surface area contributed by atoms with Crippen molar-refractivity contribution in [1.29, 1.82) is 0 Å². The molecule has 0 spiro atoms. The van der Waals surface area contributed by atoms with Crippen molar-refractivity contribution in [3.63, 3.8) is 0 Å². The van der Waals surface area contributed by atoms with Gasteiger partial charge in [-0.1, -0.05) is 30.3 Å². The molecule has 0 bridgehead atoms. The normalized spacial score (nSPS) is 14.1. The summed E-state index contributed by atoms with van der Waals surface area (Å²) in [7, 11) is -3.41. The van der Waals surface area contributed by atoms with Crippen LogP contribution in [0, 0.1) is 0 Å². The number of hydrogen-bond acceptors (Lipinski definition) is 2. The van der Waals surface area contributed by atoms with Crippen LogP contribution < -0.4 is 0 Å². The monoisotopic (exact) mass is 236 g/mol. The zero-order chi connectivity index (χ0) is 9.73. The molecule has 0 heterocycles. The highest BCUT2D eigenvalue weighted by Gasteiger charge is 2.18. The zero-order valence-corrected chi connectivity index (χ0v) is 9.63. The van der Waals surface area contributed by atoms with Gasteiger partial charge in [-0.3, -0.25) is 4.57 Å². The van der Waals surface area contributed by atoms with Gasteiger partial charge in [-0.2, -0.15) is 0 Å². The van der Waals surface area contributed by atoms with E-state index < -0.39 is 7.60 Å². The minimum Gasteiger partial charge on any atom is -0.324 e. The summed E-state index contributed by atoms with van der Waals surface area (Å²) in [5.41, 5.74) is 0.821. The molecule has 1 rings (SSSR count). The lowest BCUT2D eigenvalue weighted by Gasteiger charge is -2.09. The average Bonchev–Trinajstić information content (AvgIpc) is 2.04. The Morgan fingerprint density at radius 3 is 2.43 bits per heavy atom. The lowest BCUT2D eigenvalue weighted by molar-refractivity contribution is 0.272. The summed E-state index contributed by atoms with van der Waals surface area (Å²) in [4.78, 5) is 9.30. The molecule has 0 saturated carbocycles. The first-order chi connectivity index (χ1) is 6.14. The van der Waals surface area contributed by atoms with Crippen molar-refractivity contribution < 1.29 is 14.0 Å². The zero-order valence-electron chi connectivity index (χ0n) is 7.92. The molecule has 0 aliphatic carbocycles. The van der Waals surface area contributed by atoms with Gasteiger partial charge in [0.2, 0.25) is 0 Å². The first-order valence-electron chi connectivity index (χ1n) is 4.14. The van der Waals surface area contributed by atoms with Crippen LogP contribution in [0.25, 0.3) is 0 Å². The molecule has 80 valence electrons. The van der Waals surface area contributed by atoms with Gasteiger partial charge >= 0.3 is 7.60 Å². The summed E-state index contributed by atoms with van der Waals surface area (Å²) < 4.78 is 16.1. The fraction of sp³-hybridized carbons (Fsp3) is 0.333. The Labute approximate surface area is 90.1 Å². The Balaban J connectivity index is 0.00000169. The molecular weight excluding hydrogens is 223 g/mol. The summed E-state index contributed by atoms with van der Waals surface area (Å²) in [6.07, 6.45) is 0.0850. The van der Waals surface area contributed by atoms with Gasteiger partial charge in [-0.25, -0.2) is 0 Å². The Kier molecular flexibility index (Phi) is 6.05. The molecule has 0 fully saturated rings. The van der Waals surface area contributed by atoms with Crippen LogP contribution in [0.2, 0.25) is 0 Å². The van der Waals surface area contributed by atoms with Crippen LogP contribution >= 0.6 is 20.0 Å². The molecule has 1 aromatic rings. The van der Waals surface area contributed by atoms with E-state index in [1.54, 1.807) is 6.92 Å². The van der Waals surface area contributed by atoms with Crippen molar-refractivity contribution in [3.8, 4) is 0 Å². The van der Waals surface area contributed by atoms with E-state index in [0.717, 1.165) is 5.56 Å². The van der Waals surface area contributed by atoms with Gasteiger partial charge < -0.3 is 9.42 Å².